The molecule has 40 heavy (non-hydrogen) atoms. The van der Waals surface area contributed by atoms with Gasteiger partial charge < -0.3 is 14.5 Å². The maximum Gasteiger partial charge on any atom is 0.219 e. The fourth-order valence-electron chi connectivity index (χ4n) is 6.53. The average Bonchev–Trinajstić information content (AvgIpc) is 3.51. The van der Waals surface area contributed by atoms with E-state index in [1.165, 1.54) is 72.0 Å². The minimum Gasteiger partial charge on any atom is -0.439 e. The summed E-state index contributed by atoms with van der Waals surface area (Å²) >= 11 is 0. The second kappa shape index (κ2) is 11.2. The Bertz CT molecular complexity index is 1500. The molecule has 0 saturated carbocycles. The van der Waals surface area contributed by atoms with Gasteiger partial charge in [-0.3, -0.25) is 0 Å². The van der Waals surface area contributed by atoms with Crippen molar-refractivity contribution in [3.63, 3.8) is 0 Å². The molecule has 4 nitrogen and oxygen atoms in total. The van der Waals surface area contributed by atoms with E-state index in [4.69, 9.17) is 4.74 Å². The van der Waals surface area contributed by atoms with Crippen LogP contribution in [0.25, 0.3) is 16.8 Å². The Labute approximate surface area is 238 Å². The van der Waals surface area contributed by atoms with Gasteiger partial charge in [-0.1, -0.05) is 88.1 Å². The minimum atomic E-state index is 0.0997. The van der Waals surface area contributed by atoms with Crippen molar-refractivity contribution < 1.29 is 4.74 Å². The number of anilines is 1. The van der Waals surface area contributed by atoms with Crippen LogP contribution in [0, 0.1) is 0 Å². The Morgan fingerprint density at radius 3 is 2.35 bits per heavy atom. The maximum atomic E-state index is 6.01. The largest absolute Gasteiger partial charge is 0.439 e. The Balaban J connectivity index is 1.35. The number of benzene rings is 3. The van der Waals surface area contributed by atoms with Crippen LogP contribution in [0.3, 0.4) is 0 Å². The van der Waals surface area contributed by atoms with Gasteiger partial charge in [0, 0.05) is 42.7 Å². The van der Waals surface area contributed by atoms with E-state index in [9.17, 15) is 0 Å². The van der Waals surface area contributed by atoms with Gasteiger partial charge in [0.05, 0.1) is 12.4 Å². The molecule has 2 aliphatic rings. The highest BCUT2D eigenvalue weighted by atomic mass is 16.5. The Hall–Kier alpha value is -4.05. The predicted octanol–water partition coefficient (Wildman–Crippen LogP) is 9.23. The van der Waals surface area contributed by atoms with Gasteiger partial charge in [-0.05, 0) is 64.9 Å². The first kappa shape index (κ1) is 26.2. The molecule has 1 aliphatic heterocycles. The van der Waals surface area contributed by atoms with Crippen molar-refractivity contribution in [1.29, 1.82) is 0 Å². The Kier molecular flexibility index (Phi) is 7.34. The van der Waals surface area contributed by atoms with E-state index in [0.29, 0.717) is 5.88 Å². The van der Waals surface area contributed by atoms with Crippen molar-refractivity contribution in [1.82, 2.24) is 9.88 Å². The maximum absolute atomic E-state index is 6.01. The zero-order valence-corrected chi connectivity index (χ0v) is 23.9. The van der Waals surface area contributed by atoms with E-state index < -0.39 is 0 Å². The summed E-state index contributed by atoms with van der Waals surface area (Å²) in [5.41, 5.74) is 9.63. The number of aromatic nitrogens is 1. The molecule has 0 amide bonds. The number of nitrogens with zero attached hydrogens (tertiary/aromatic N) is 3. The van der Waals surface area contributed by atoms with Crippen LogP contribution < -0.4 is 9.64 Å². The summed E-state index contributed by atoms with van der Waals surface area (Å²) in [4.78, 5) is 8.94. The SMILES string of the molecule is CCCCC1(CCCC)c2ccccc2-c2ccc(C3=CN(c4cccc(Oc5ccccn5)c4)CN3C)cc21. The van der Waals surface area contributed by atoms with E-state index >= 15 is 0 Å². The number of rotatable bonds is 10. The van der Waals surface area contributed by atoms with E-state index in [-0.39, 0.29) is 5.41 Å². The van der Waals surface area contributed by atoms with Gasteiger partial charge in [-0.2, -0.15) is 0 Å². The lowest BCUT2D eigenvalue weighted by Gasteiger charge is -2.33. The van der Waals surface area contributed by atoms with Gasteiger partial charge in [0.25, 0.3) is 0 Å². The third kappa shape index (κ3) is 4.77. The number of ether oxygens (including phenoxy) is 1. The molecule has 0 unspecified atom stereocenters. The molecular formula is C36H39N3O. The predicted molar refractivity (Wildman–Crippen MR) is 166 cm³/mol. The molecule has 0 bridgehead atoms. The van der Waals surface area contributed by atoms with Crippen molar-refractivity contribution in [3.05, 3.63) is 114 Å². The lowest BCUT2D eigenvalue weighted by atomic mass is 9.70. The third-order valence-corrected chi connectivity index (χ3v) is 8.54. The summed E-state index contributed by atoms with van der Waals surface area (Å²) in [6.07, 6.45) is 11.4. The lowest BCUT2D eigenvalue weighted by molar-refractivity contribution is 0.414. The highest BCUT2D eigenvalue weighted by Gasteiger charge is 2.42. The van der Waals surface area contributed by atoms with Gasteiger partial charge >= 0.3 is 0 Å². The van der Waals surface area contributed by atoms with E-state index in [1.807, 2.05) is 30.3 Å². The summed E-state index contributed by atoms with van der Waals surface area (Å²) in [5, 5.41) is 0. The van der Waals surface area contributed by atoms with Gasteiger partial charge in [-0.15, -0.1) is 0 Å². The molecule has 2 heterocycles. The summed E-state index contributed by atoms with van der Waals surface area (Å²) in [5.74, 6) is 1.39. The number of unbranched alkanes of at least 4 members (excludes halogenated alkanes) is 2. The Morgan fingerprint density at radius 1 is 0.800 bits per heavy atom. The molecule has 204 valence electrons. The minimum absolute atomic E-state index is 0.0997. The zero-order valence-electron chi connectivity index (χ0n) is 23.9. The van der Waals surface area contributed by atoms with Crippen molar-refractivity contribution >= 4 is 11.4 Å². The van der Waals surface area contributed by atoms with E-state index in [0.717, 1.165) is 18.1 Å². The van der Waals surface area contributed by atoms with Crippen LogP contribution in [0.4, 0.5) is 5.69 Å². The molecule has 0 atom stereocenters. The molecule has 0 fully saturated rings. The van der Waals surface area contributed by atoms with Crippen LogP contribution in [0.1, 0.15) is 69.1 Å². The first-order valence-corrected chi connectivity index (χ1v) is 14.8. The molecule has 6 rings (SSSR count). The zero-order chi connectivity index (χ0) is 27.5. The molecule has 4 aromatic rings. The summed E-state index contributed by atoms with van der Waals surface area (Å²) in [6, 6.07) is 30.3. The van der Waals surface area contributed by atoms with Crippen molar-refractivity contribution in [2.75, 3.05) is 18.6 Å². The summed E-state index contributed by atoms with van der Waals surface area (Å²) in [6.45, 7) is 5.42. The quantitative estimate of drug-likeness (QED) is 0.205. The number of hydrogen-bond donors (Lipinski definition) is 0. The van der Waals surface area contributed by atoms with Crippen LogP contribution in [-0.4, -0.2) is 23.6 Å². The van der Waals surface area contributed by atoms with Crippen molar-refractivity contribution in [3.8, 4) is 22.8 Å². The van der Waals surface area contributed by atoms with Gasteiger partial charge in [0.15, 0.2) is 0 Å². The second-order valence-corrected chi connectivity index (χ2v) is 11.2. The molecule has 0 saturated heterocycles. The van der Waals surface area contributed by atoms with Crippen LogP contribution >= 0.6 is 0 Å². The monoisotopic (exact) mass is 529 g/mol. The molecule has 4 heteroatoms. The van der Waals surface area contributed by atoms with Crippen molar-refractivity contribution in [2.45, 2.75) is 57.8 Å². The standard InChI is InChI=1S/C36H39N3O/c1-4-6-20-36(21-7-5-2)32-16-9-8-15-30(32)31-19-18-27(23-33(31)36)34-25-39(26-38(34)3)28-13-12-14-29(24-28)40-35-17-10-11-22-37-35/h8-19,22-25H,4-7,20-21,26H2,1-3H3. The topological polar surface area (TPSA) is 28.6 Å². The molecule has 0 radical (unpaired) electrons. The highest BCUT2D eigenvalue weighted by molar-refractivity contribution is 5.84. The number of fused-ring (bicyclic) bond motifs is 3. The van der Waals surface area contributed by atoms with Crippen LogP contribution in [0.5, 0.6) is 11.6 Å². The smallest absolute Gasteiger partial charge is 0.219 e. The molecule has 0 N–H and O–H groups in total. The highest BCUT2D eigenvalue weighted by Crippen LogP contribution is 2.54. The lowest BCUT2D eigenvalue weighted by Crippen LogP contribution is -2.26. The summed E-state index contributed by atoms with van der Waals surface area (Å²) < 4.78 is 6.01. The van der Waals surface area contributed by atoms with Crippen LogP contribution in [0.2, 0.25) is 0 Å². The van der Waals surface area contributed by atoms with E-state index in [1.54, 1.807) is 6.20 Å². The van der Waals surface area contributed by atoms with Gasteiger partial charge in [0.1, 0.15) is 5.75 Å². The first-order valence-electron chi connectivity index (χ1n) is 14.8. The molecule has 1 aliphatic carbocycles. The molecule has 0 spiro atoms. The third-order valence-electron chi connectivity index (χ3n) is 8.54. The molecule has 1 aromatic heterocycles. The summed E-state index contributed by atoms with van der Waals surface area (Å²) in [7, 11) is 2.18. The fourth-order valence-corrected chi connectivity index (χ4v) is 6.53. The molecule has 3 aromatic carbocycles. The van der Waals surface area contributed by atoms with E-state index in [2.05, 4.69) is 96.5 Å². The van der Waals surface area contributed by atoms with Gasteiger partial charge in [-0.25, -0.2) is 4.98 Å². The van der Waals surface area contributed by atoms with Crippen molar-refractivity contribution in [2.24, 2.45) is 0 Å². The Morgan fingerprint density at radius 2 is 1.57 bits per heavy atom. The van der Waals surface area contributed by atoms with Gasteiger partial charge in [0.2, 0.25) is 5.88 Å². The number of pyridine rings is 1. The van der Waals surface area contributed by atoms with Crippen LogP contribution in [0.15, 0.2) is 97.3 Å². The molecular weight excluding hydrogens is 490 g/mol. The average molecular weight is 530 g/mol. The first-order chi connectivity index (χ1) is 19.6. The second-order valence-electron chi connectivity index (χ2n) is 11.2. The number of hydrogen-bond acceptors (Lipinski definition) is 4. The fraction of sp³-hybridized carbons (Fsp3) is 0.306. The normalized spacial score (nSPS) is 15.1. The van der Waals surface area contributed by atoms with Crippen LogP contribution in [-0.2, 0) is 5.41 Å².